The normalized spacial score (nSPS) is 19.3. The number of anilines is 1. The minimum absolute atomic E-state index is 0.0176. The summed E-state index contributed by atoms with van der Waals surface area (Å²) in [7, 11) is 0. The molecule has 26 heavy (non-hydrogen) atoms. The highest BCUT2D eigenvalue weighted by Gasteiger charge is 2.29. The van der Waals surface area contributed by atoms with Crippen molar-refractivity contribution in [1.82, 2.24) is 4.90 Å². The van der Waals surface area contributed by atoms with E-state index in [0.29, 0.717) is 17.2 Å². The van der Waals surface area contributed by atoms with Crippen molar-refractivity contribution in [3.05, 3.63) is 16.0 Å². The van der Waals surface area contributed by atoms with Crippen molar-refractivity contribution in [3.63, 3.8) is 0 Å². The van der Waals surface area contributed by atoms with Crippen molar-refractivity contribution in [2.45, 2.75) is 71.3 Å². The van der Waals surface area contributed by atoms with Crippen molar-refractivity contribution in [3.8, 4) is 0 Å². The number of hydrogen-bond donors (Lipinski definition) is 1. The van der Waals surface area contributed by atoms with E-state index in [9.17, 15) is 9.59 Å². The number of carbonyl (C=O) groups is 2. The third kappa shape index (κ3) is 4.29. The molecule has 1 saturated heterocycles. The van der Waals surface area contributed by atoms with Crippen molar-refractivity contribution >= 4 is 28.2 Å². The fraction of sp³-hybridized carbons (Fsp3) is 0.700. The Morgan fingerprint density at radius 1 is 1.12 bits per heavy atom. The van der Waals surface area contributed by atoms with Crippen molar-refractivity contribution in [1.29, 1.82) is 0 Å². The number of amides is 1. The summed E-state index contributed by atoms with van der Waals surface area (Å²) in [5, 5.41) is 3.74. The third-order valence-corrected chi connectivity index (χ3v) is 6.66. The lowest BCUT2D eigenvalue weighted by Crippen LogP contribution is -2.42. The average molecular weight is 379 g/mol. The van der Waals surface area contributed by atoms with Gasteiger partial charge in [0.2, 0.25) is 5.91 Å². The Hall–Kier alpha value is -1.40. The van der Waals surface area contributed by atoms with Crippen LogP contribution in [0, 0.1) is 0 Å². The summed E-state index contributed by atoms with van der Waals surface area (Å²) in [6.45, 7) is 6.08. The van der Waals surface area contributed by atoms with E-state index in [1.165, 1.54) is 17.7 Å². The van der Waals surface area contributed by atoms with Gasteiger partial charge in [-0.05, 0) is 71.0 Å². The van der Waals surface area contributed by atoms with E-state index in [0.717, 1.165) is 57.2 Å². The van der Waals surface area contributed by atoms with Crippen molar-refractivity contribution in [2.24, 2.45) is 0 Å². The van der Waals surface area contributed by atoms with Gasteiger partial charge in [-0.25, -0.2) is 4.79 Å². The Labute approximate surface area is 160 Å². The topological polar surface area (TPSA) is 58.6 Å². The average Bonchev–Trinajstić information content (AvgIpc) is 2.80. The lowest BCUT2D eigenvalue weighted by molar-refractivity contribution is -0.120. The lowest BCUT2D eigenvalue weighted by atomic mass is 9.95. The zero-order chi connectivity index (χ0) is 18.5. The highest BCUT2D eigenvalue weighted by Crippen LogP contribution is 2.38. The monoisotopic (exact) mass is 378 g/mol. The first-order chi connectivity index (χ1) is 12.6. The van der Waals surface area contributed by atoms with Gasteiger partial charge in [-0.3, -0.25) is 9.69 Å². The van der Waals surface area contributed by atoms with E-state index in [-0.39, 0.29) is 17.9 Å². The van der Waals surface area contributed by atoms with Gasteiger partial charge in [0.15, 0.2) is 0 Å². The molecule has 1 aliphatic carbocycles. The molecule has 2 aliphatic rings. The molecule has 0 spiro atoms. The maximum Gasteiger partial charge on any atom is 0.341 e. The van der Waals surface area contributed by atoms with Gasteiger partial charge in [0, 0.05) is 4.88 Å². The molecule has 1 aromatic heterocycles. The molecular formula is C20H30N2O3S. The number of nitrogens with zero attached hydrogens (tertiary/aromatic N) is 1. The van der Waals surface area contributed by atoms with Gasteiger partial charge in [0.05, 0.1) is 18.2 Å². The molecule has 6 heteroatoms. The summed E-state index contributed by atoms with van der Waals surface area (Å²) >= 11 is 1.56. The SMILES string of the molecule is CCOC(=O)c1c(NC(=O)[C@H](C)N2CCCCCC2)sc2c1CCCC2. The minimum Gasteiger partial charge on any atom is -0.462 e. The molecule has 144 valence electrons. The number of hydrogen-bond acceptors (Lipinski definition) is 5. The van der Waals surface area contributed by atoms with E-state index in [1.807, 2.05) is 13.8 Å². The molecule has 1 N–H and O–H groups in total. The second-order valence-electron chi connectivity index (χ2n) is 7.25. The van der Waals surface area contributed by atoms with Crippen LogP contribution in [0.25, 0.3) is 0 Å². The van der Waals surface area contributed by atoms with Crippen LogP contribution in [-0.2, 0) is 22.4 Å². The fourth-order valence-corrected chi connectivity index (χ4v) is 5.22. The van der Waals surface area contributed by atoms with Gasteiger partial charge in [-0.15, -0.1) is 11.3 Å². The summed E-state index contributed by atoms with van der Waals surface area (Å²) in [5.41, 5.74) is 1.69. The molecule has 2 heterocycles. The molecule has 0 bridgehead atoms. The number of esters is 1. The second-order valence-corrected chi connectivity index (χ2v) is 8.36. The number of thiophene rings is 1. The van der Waals surface area contributed by atoms with Crippen LogP contribution in [0.5, 0.6) is 0 Å². The maximum atomic E-state index is 12.9. The van der Waals surface area contributed by atoms with Gasteiger partial charge < -0.3 is 10.1 Å². The number of rotatable bonds is 5. The van der Waals surface area contributed by atoms with E-state index in [4.69, 9.17) is 4.74 Å². The third-order valence-electron chi connectivity index (χ3n) is 5.46. The summed E-state index contributed by atoms with van der Waals surface area (Å²) in [6.07, 6.45) is 8.92. The molecule has 1 amide bonds. The van der Waals surface area contributed by atoms with E-state index >= 15 is 0 Å². The van der Waals surface area contributed by atoms with Crippen LogP contribution in [0.1, 0.15) is 73.2 Å². The zero-order valence-corrected chi connectivity index (χ0v) is 16.8. The van der Waals surface area contributed by atoms with Crippen LogP contribution in [0.3, 0.4) is 0 Å². The Morgan fingerprint density at radius 2 is 1.81 bits per heavy atom. The van der Waals surface area contributed by atoms with Crippen LogP contribution in [0.15, 0.2) is 0 Å². The van der Waals surface area contributed by atoms with Crippen LogP contribution in [0.2, 0.25) is 0 Å². The number of nitrogens with one attached hydrogen (secondary N) is 1. The number of fused-ring (bicyclic) bond motifs is 1. The minimum atomic E-state index is -0.301. The first kappa shape index (κ1) is 19.4. The molecule has 3 rings (SSSR count). The van der Waals surface area contributed by atoms with Gasteiger partial charge in [0.25, 0.3) is 0 Å². The van der Waals surface area contributed by atoms with Gasteiger partial charge in [-0.1, -0.05) is 12.8 Å². The molecule has 1 aliphatic heterocycles. The molecule has 0 radical (unpaired) electrons. The van der Waals surface area contributed by atoms with Crippen LogP contribution in [-0.4, -0.2) is 42.5 Å². The van der Waals surface area contributed by atoms with Gasteiger partial charge in [-0.2, -0.15) is 0 Å². The molecule has 1 aromatic rings. The standard InChI is InChI=1S/C20H30N2O3S/c1-3-25-20(24)17-15-10-6-7-11-16(15)26-19(17)21-18(23)14(2)22-12-8-4-5-9-13-22/h14H,3-13H2,1-2H3,(H,21,23)/t14-/m0/s1. The molecule has 0 aromatic carbocycles. The summed E-state index contributed by atoms with van der Waals surface area (Å²) in [6, 6.07) is -0.178. The highest BCUT2D eigenvalue weighted by molar-refractivity contribution is 7.17. The molecule has 1 fully saturated rings. The molecule has 1 atom stereocenters. The van der Waals surface area contributed by atoms with Crippen molar-refractivity contribution in [2.75, 3.05) is 25.0 Å². The zero-order valence-electron chi connectivity index (χ0n) is 15.9. The van der Waals surface area contributed by atoms with Crippen LogP contribution >= 0.6 is 11.3 Å². The summed E-state index contributed by atoms with van der Waals surface area (Å²) < 4.78 is 5.27. The summed E-state index contributed by atoms with van der Waals surface area (Å²) in [4.78, 5) is 28.9. The van der Waals surface area contributed by atoms with E-state index in [1.54, 1.807) is 11.3 Å². The second kappa shape index (κ2) is 9.00. The quantitative estimate of drug-likeness (QED) is 0.787. The first-order valence-electron chi connectivity index (χ1n) is 9.98. The first-order valence-corrected chi connectivity index (χ1v) is 10.8. The number of carbonyl (C=O) groups excluding carboxylic acids is 2. The van der Waals surface area contributed by atoms with Crippen molar-refractivity contribution < 1.29 is 14.3 Å². The van der Waals surface area contributed by atoms with E-state index in [2.05, 4.69) is 10.2 Å². The number of ether oxygens (including phenoxy) is 1. The summed E-state index contributed by atoms with van der Waals surface area (Å²) in [5.74, 6) is -0.319. The van der Waals surface area contributed by atoms with Gasteiger partial charge >= 0.3 is 5.97 Å². The number of aryl methyl sites for hydroxylation is 1. The Balaban J connectivity index is 1.78. The fourth-order valence-electron chi connectivity index (χ4n) is 3.94. The van der Waals surface area contributed by atoms with E-state index < -0.39 is 0 Å². The molecule has 0 unspecified atom stereocenters. The molecule has 0 saturated carbocycles. The largest absolute Gasteiger partial charge is 0.462 e. The number of likely N-dealkylation sites (tertiary alicyclic amines) is 1. The lowest BCUT2D eigenvalue weighted by Gasteiger charge is -2.26. The Bertz CT molecular complexity index is 648. The Kier molecular flexibility index (Phi) is 6.70. The smallest absolute Gasteiger partial charge is 0.341 e. The molecule has 5 nitrogen and oxygen atoms in total. The predicted molar refractivity (Wildman–Crippen MR) is 105 cm³/mol. The van der Waals surface area contributed by atoms with Gasteiger partial charge in [0.1, 0.15) is 5.00 Å². The Morgan fingerprint density at radius 3 is 2.50 bits per heavy atom. The maximum absolute atomic E-state index is 12.9. The molecular weight excluding hydrogens is 348 g/mol. The predicted octanol–water partition coefficient (Wildman–Crippen LogP) is 4.01. The van der Waals surface area contributed by atoms with Crippen LogP contribution in [0.4, 0.5) is 5.00 Å². The highest BCUT2D eigenvalue weighted by atomic mass is 32.1. The van der Waals surface area contributed by atoms with Crippen LogP contribution < -0.4 is 5.32 Å².